The van der Waals surface area contributed by atoms with Crippen LogP contribution in [0.15, 0.2) is 43.0 Å². The van der Waals surface area contributed by atoms with E-state index in [4.69, 9.17) is 21.9 Å². The number of nitrogens with one attached hydrogen (secondary N) is 1. The molecule has 17 heteroatoms. The summed E-state index contributed by atoms with van der Waals surface area (Å²) in [6, 6.07) is 5.35. The zero-order chi connectivity index (χ0) is 30.6. The number of aromatic nitrogens is 7. The summed E-state index contributed by atoms with van der Waals surface area (Å²) in [5.41, 5.74) is 20.5. The third-order valence-electron chi connectivity index (χ3n) is 7.43. The predicted molar refractivity (Wildman–Crippen MR) is 153 cm³/mol. The SMILES string of the molecule is Cn1ccc(-c2cn([C@@H]3O[C@H](C(=O)N(CC[C@H](N)C(=O)O)c4ccc5nc(N)[nH]c5c4)[C@@H](O)[C@H]3O)c3ncnc(N)c23)n1. The van der Waals surface area contributed by atoms with E-state index in [0.717, 1.165) is 0 Å². The molecule has 0 radical (unpaired) electrons. The van der Waals surface area contributed by atoms with E-state index in [9.17, 15) is 24.9 Å². The maximum Gasteiger partial charge on any atom is 0.320 e. The van der Waals surface area contributed by atoms with Gasteiger partial charge in [-0.1, -0.05) is 0 Å². The van der Waals surface area contributed by atoms with Gasteiger partial charge in [0.25, 0.3) is 5.91 Å². The number of carboxylic acid groups (broad SMARTS) is 1. The highest BCUT2D eigenvalue weighted by Gasteiger charge is 2.49. The number of nitrogens with zero attached hydrogens (tertiary/aromatic N) is 7. The Morgan fingerprint density at radius 2 is 1.98 bits per heavy atom. The highest BCUT2D eigenvalue weighted by molar-refractivity contribution is 6.00. The first-order valence-corrected chi connectivity index (χ1v) is 13.2. The van der Waals surface area contributed by atoms with Crippen molar-refractivity contribution in [3.63, 3.8) is 0 Å². The summed E-state index contributed by atoms with van der Waals surface area (Å²) in [6.07, 6.45) is -1.50. The number of H-pyrrole nitrogens is 1. The van der Waals surface area contributed by atoms with Gasteiger partial charge in [0.1, 0.15) is 36.0 Å². The van der Waals surface area contributed by atoms with Crippen LogP contribution in [0.5, 0.6) is 0 Å². The summed E-state index contributed by atoms with van der Waals surface area (Å²) in [4.78, 5) is 42.1. The van der Waals surface area contributed by atoms with Crippen molar-refractivity contribution >= 4 is 51.4 Å². The van der Waals surface area contributed by atoms with Gasteiger partial charge < -0.3 is 51.7 Å². The van der Waals surface area contributed by atoms with Crippen LogP contribution >= 0.6 is 0 Å². The zero-order valence-corrected chi connectivity index (χ0v) is 22.8. The number of aliphatic hydroxyl groups excluding tert-OH is 2. The minimum absolute atomic E-state index is 0.106. The van der Waals surface area contributed by atoms with E-state index in [2.05, 4.69) is 25.0 Å². The van der Waals surface area contributed by atoms with E-state index in [1.54, 1.807) is 48.4 Å². The Labute approximate surface area is 242 Å². The molecule has 0 unspecified atom stereocenters. The van der Waals surface area contributed by atoms with Crippen molar-refractivity contribution in [2.75, 3.05) is 22.9 Å². The Kier molecular flexibility index (Phi) is 6.93. The molecule has 0 spiro atoms. The van der Waals surface area contributed by atoms with Crippen LogP contribution in [0, 0.1) is 0 Å². The topological polar surface area (TPSA) is 263 Å². The van der Waals surface area contributed by atoms with Gasteiger partial charge in [0.15, 0.2) is 18.3 Å². The fourth-order valence-corrected chi connectivity index (χ4v) is 5.25. The lowest BCUT2D eigenvalue weighted by Crippen LogP contribution is -2.47. The van der Waals surface area contributed by atoms with E-state index < -0.39 is 42.5 Å². The number of nitrogen functional groups attached to an aromatic ring is 2. The number of amides is 1. The number of fused-ring (bicyclic) bond motifs is 2. The van der Waals surface area contributed by atoms with Gasteiger partial charge in [-0.05, 0) is 30.7 Å². The van der Waals surface area contributed by atoms with Crippen molar-refractivity contribution in [1.82, 2.24) is 34.3 Å². The van der Waals surface area contributed by atoms with Crippen LogP contribution in [-0.2, 0) is 21.4 Å². The minimum Gasteiger partial charge on any atom is -0.480 e. The lowest BCUT2D eigenvalue weighted by Gasteiger charge is -2.27. The first kappa shape index (κ1) is 28.0. The van der Waals surface area contributed by atoms with Crippen molar-refractivity contribution < 1.29 is 29.6 Å². The number of benzene rings is 1. The number of carboxylic acids is 1. The Balaban J connectivity index is 1.36. The van der Waals surface area contributed by atoms with Gasteiger partial charge in [-0.2, -0.15) is 5.10 Å². The maximum absolute atomic E-state index is 14.0. The molecule has 1 amide bonds. The summed E-state index contributed by atoms with van der Waals surface area (Å²) in [5.74, 6) is -1.62. The monoisotopic (exact) mass is 591 g/mol. The fourth-order valence-electron chi connectivity index (χ4n) is 5.25. The molecule has 6 rings (SSSR count). The second-order valence-electron chi connectivity index (χ2n) is 10.3. The second kappa shape index (κ2) is 10.6. The van der Waals surface area contributed by atoms with Crippen molar-refractivity contribution in [2.24, 2.45) is 12.8 Å². The third-order valence-corrected chi connectivity index (χ3v) is 7.43. The van der Waals surface area contributed by atoms with Gasteiger partial charge in [0.2, 0.25) is 0 Å². The molecule has 1 saturated heterocycles. The number of aryl methyl sites for hydroxylation is 1. The fraction of sp³-hybridized carbons (Fsp3) is 0.308. The van der Waals surface area contributed by atoms with Crippen molar-refractivity contribution in [2.45, 2.75) is 37.0 Å². The Bertz CT molecular complexity index is 1850. The molecule has 43 heavy (non-hydrogen) atoms. The summed E-state index contributed by atoms with van der Waals surface area (Å²) < 4.78 is 9.13. The van der Waals surface area contributed by atoms with E-state index >= 15 is 0 Å². The molecular formula is C26H29N11O6. The molecule has 0 bridgehead atoms. The number of hydrogen-bond acceptors (Lipinski definition) is 12. The number of rotatable bonds is 8. The van der Waals surface area contributed by atoms with Crippen LogP contribution in [0.4, 0.5) is 17.5 Å². The summed E-state index contributed by atoms with van der Waals surface area (Å²) in [5, 5.41) is 36.4. The van der Waals surface area contributed by atoms with Gasteiger partial charge in [-0.25, -0.2) is 15.0 Å². The highest BCUT2D eigenvalue weighted by Crippen LogP contribution is 2.38. The van der Waals surface area contributed by atoms with Crippen LogP contribution in [0.1, 0.15) is 12.6 Å². The molecule has 17 nitrogen and oxygen atoms in total. The highest BCUT2D eigenvalue weighted by atomic mass is 16.6. The minimum atomic E-state index is -1.66. The van der Waals surface area contributed by atoms with Gasteiger partial charge in [0.05, 0.1) is 22.1 Å². The van der Waals surface area contributed by atoms with Gasteiger partial charge >= 0.3 is 5.97 Å². The van der Waals surface area contributed by atoms with Crippen molar-refractivity contribution in [1.29, 1.82) is 0 Å². The normalized spacial score (nSPS) is 21.0. The van der Waals surface area contributed by atoms with Gasteiger partial charge in [-0.15, -0.1) is 0 Å². The molecule has 1 aromatic carbocycles. The summed E-state index contributed by atoms with van der Waals surface area (Å²) in [6.45, 7) is -0.130. The first-order valence-electron chi connectivity index (χ1n) is 13.2. The maximum atomic E-state index is 14.0. The first-order chi connectivity index (χ1) is 20.5. The molecule has 1 fully saturated rings. The molecule has 1 aliphatic heterocycles. The number of aliphatic carboxylic acids is 1. The molecule has 5 atom stereocenters. The number of ether oxygens (including phenoxy) is 1. The standard InChI is InChI=1S/C26H29N11O6/c1-35-6-5-14(34-35)12-9-37(22-17(12)21(28)30-10-31-22)24-19(39)18(38)20(43-24)23(40)36(7-4-13(27)25(41)42)11-2-3-15-16(8-11)33-26(29)32-15/h2-3,5-6,8-10,13,18-20,24,38-39H,4,7,27H2,1H3,(H,41,42)(H2,28,30,31)(H3,29,32,33)/t13-,18-,19+,20-,24+/m0/s1. The zero-order valence-electron chi connectivity index (χ0n) is 22.8. The molecule has 4 aromatic heterocycles. The van der Waals surface area contributed by atoms with Crippen LogP contribution in [0.2, 0.25) is 0 Å². The molecule has 5 aromatic rings. The number of carbonyl (C=O) groups excluding carboxylic acids is 1. The molecule has 10 N–H and O–H groups in total. The van der Waals surface area contributed by atoms with E-state index in [1.165, 1.54) is 15.8 Å². The number of imidazole rings is 1. The number of anilines is 3. The van der Waals surface area contributed by atoms with Gasteiger partial charge in [-0.3, -0.25) is 14.3 Å². The Hall–Kier alpha value is -5.10. The van der Waals surface area contributed by atoms with E-state index in [0.29, 0.717) is 39.0 Å². The molecule has 0 saturated carbocycles. The summed E-state index contributed by atoms with van der Waals surface area (Å²) >= 11 is 0. The number of hydrogen-bond donors (Lipinski definition) is 7. The number of aromatic amines is 1. The number of nitrogens with two attached hydrogens (primary N) is 3. The third kappa shape index (κ3) is 4.89. The molecule has 0 aliphatic carbocycles. The van der Waals surface area contributed by atoms with Crippen LogP contribution in [0.25, 0.3) is 33.3 Å². The average molecular weight is 592 g/mol. The smallest absolute Gasteiger partial charge is 0.320 e. The van der Waals surface area contributed by atoms with Crippen LogP contribution < -0.4 is 22.1 Å². The number of aliphatic hydroxyl groups is 2. The summed E-state index contributed by atoms with van der Waals surface area (Å²) in [7, 11) is 1.76. The predicted octanol–water partition coefficient (Wildman–Crippen LogP) is -0.673. The molecule has 5 heterocycles. The van der Waals surface area contributed by atoms with E-state index in [-0.39, 0.29) is 24.7 Å². The lowest BCUT2D eigenvalue weighted by molar-refractivity contribution is -0.139. The van der Waals surface area contributed by atoms with Gasteiger partial charge in [0, 0.05) is 37.2 Å². The quantitative estimate of drug-likeness (QED) is 0.118. The largest absolute Gasteiger partial charge is 0.480 e. The Morgan fingerprint density at radius 1 is 1.19 bits per heavy atom. The van der Waals surface area contributed by atoms with Crippen LogP contribution in [0.3, 0.4) is 0 Å². The van der Waals surface area contributed by atoms with Crippen molar-refractivity contribution in [3.05, 3.63) is 43.0 Å². The second-order valence-corrected chi connectivity index (χ2v) is 10.3. The lowest BCUT2D eigenvalue weighted by atomic mass is 10.1. The molecule has 224 valence electrons. The molecular weight excluding hydrogens is 562 g/mol. The molecule has 1 aliphatic rings. The van der Waals surface area contributed by atoms with Crippen molar-refractivity contribution in [3.8, 4) is 11.3 Å². The van der Waals surface area contributed by atoms with E-state index in [1.807, 2.05) is 0 Å². The average Bonchev–Trinajstić information content (AvgIpc) is 3.73. The Morgan fingerprint density at radius 3 is 2.70 bits per heavy atom. The van der Waals surface area contributed by atoms with Crippen LogP contribution in [-0.4, -0.2) is 92.4 Å². The number of carbonyl (C=O) groups is 2.